The van der Waals surface area contributed by atoms with Gasteiger partial charge in [-0.05, 0) is 12.8 Å². The first-order chi connectivity index (χ1) is 9.09. The third kappa shape index (κ3) is 3.40. The van der Waals surface area contributed by atoms with E-state index in [-0.39, 0.29) is 5.91 Å². The average Bonchev–Trinajstić information content (AvgIpc) is 2.76. The molecule has 2 rings (SSSR count). The van der Waals surface area contributed by atoms with Crippen LogP contribution < -0.4 is 5.73 Å². The summed E-state index contributed by atoms with van der Waals surface area (Å²) in [4.78, 5) is 14.0. The number of hydrogen-bond donors (Lipinski definition) is 1. The molecule has 1 fully saturated rings. The molecule has 6 nitrogen and oxygen atoms in total. The Labute approximate surface area is 117 Å². The van der Waals surface area contributed by atoms with Crippen LogP contribution >= 0.6 is 11.8 Å². The van der Waals surface area contributed by atoms with Crippen LogP contribution in [-0.2, 0) is 11.8 Å². The number of carbonyl (C=O) groups is 1. The topological polar surface area (TPSA) is 77.0 Å². The summed E-state index contributed by atoms with van der Waals surface area (Å²) in [7, 11) is 3.71. The van der Waals surface area contributed by atoms with E-state index in [1.54, 1.807) is 11.6 Å². The molecule has 106 valence electrons. The second-order valence-corrected chi connectivity index (χ2v) is 5.93. The standard InChI is InChI=1S/C12H21N5OS/c1-16(9-6-4-3-5-7-9)10(18)8-19-12-15-14-11(13)17(12)2/h9H,3-8H2,1-2H3,(H2,13,14). The van der Waals surface area contributed by atoms with Crippen LogP contribution in [0.1, 0.15) is 32.1 Å². The number of hydrogen-bond acceptors (Lipinski definition) is 5. The van der Waals surface area contributed by atoms with Crippen LogP contribution in [-0.4, -0.2) is 44.4 Å². The van der Waals surface area contributed by atoms with E-state index in [0.717, 1.165) is 12.8 Å². The van der Waals surface area contributed by atoms with E-state index < -0.39 is 0 Å². The molecule has 1 aliphatic rings. The summed E-state index contributed by atoms with van der Waals surface area (Å²) >= 11 is 1.39. The van der Waals surface area contributed by atoms with Gasteiger partial charge in [0.25, 0.3) is 0 Å². The number of anilines is 1. The lowest BCUT2D eigenvalue weighted by Crippen LogP contribution is -2.39. The molecule has 0 spiro atoms. The predicted molar refractivity (Wildman–Crippen MR) is 75.8 cm³/mol. The van der Waals surface area contributed by atoms with Gasteiger partial charge in [-0.25, -0.2) is 0 Å². The van der Waals surface area contributed by atoms with Crippen molar-refractivity contribution in [1.82, 2.24) is 19.7 Å². The maximum Gasteiger partial charge on any atom is 0.233 e. The number of thioether (sulfide) groups is 1. The van der Waals surface area contributed by atoms with E-state index in [0.29, 0.717) is 22.9 Å². The highest BCUT2D eigenvalue weighted by Crippen LogP contribution is 2.23. The molecule has 1 aromatic rings. The third-order valence-electron chi connectivity index (χ3n) is 3.71. The molecule has 0 bridgehead atoms. The number of nitrogens with two attached hydrogens (primary N) is 1. The molecule has 0 atom stereocenters. The molecule has 19 heavy (non-hydrogen) atoms. The maximum atomic E-state index is 12.2. The minimum Gasteiger partial charge on any atom is -0.368 e. The Morgan fingerprint density at radius 3 is 2.68 bits per heavy atom. The van der Waals surface area contributed by atoms with Gasteiger partial charge in [0.05, 0.1) is 5.75 Å². The van der Waals surface area contributed by atoms with Crippen molar-refractivity contribution in [2.24, 2.45) is 7.05 Å². The molecular weight excluding hydrogens is 262 g/mol. The summed E-state index contributed by atoms with van der Waals surface area (Å²) in [5.74, 6) is 0.910. The van der Waals surface area contributed by atoms with E-state index in [1.165, 1.54) is 31.0 Å². The van der Waals surface area contributed by atoms with Crippen LogP contribution in [0.15, 0.2) is 5.16 Å². The highest BCUT2D eigenvalue weighted by Gasteiger charge is 2.22. The fourth-order valence-corrected chi connectivity index (χ4v) is 3.19. The molecule has 0 unspecified atom stereocenters. The molecule has 1 saturated carbocycles. The van der Waals surface area contributed by atoms with Gasteiger partial charge in [-0.2, -0.15) is 0 Å². The highest BCUT2D eigenvalue weighted by atomic mass is 32.2. The first-order valence-electron chi connectivity index (χ1n) is 6.63. The summed E-state index contributed by atoms with van der Waals surface area (Å²) in [5.41, 5.74) is 5.60. The van der Waals surface area contributed by atoms with E-state index in [9.17, 15) is 4.79 Å². The predicted octanol–water partition coefficient (Wildman–Crippen LogP) is 1.28. The van der Waals surface area contributed by atoms with Gasteiger partial charge in [0, 0.05) is 20.1 Å². The first kappa shape index (κ1) is 14.2. The van der Waals surface area contributed by atoms with E-state index >= 15 is 0 Å². The Hall–Kier alpha value is -1.24. The molecule has 2 N–H and O–H groups in total. The number of carbonyl (C=O) groups excluding carboxylic acids is 1. The molecule has 1 aromatic heterocycles. The van der Waals surface area contributed by atoms with Gasteiger partial charge in [0.2, 0.25) is 11.9 Å². The Morgan fingerprint density at radius 2 is 2.11 bits per heavy atom. The minimum absolute atomic E-state index is 0.151. The van der Waals surface area contributed by atoms with Crippen LogP contribution in [0.3, 0.4) is 0 Å². The quantitative estimate of drug-likeness (QED) is 0.842. The molecule has 7 heteroatoms. The van der Waals surface area contributed by atoms with Crippen molar-refractivity contribution in [1.29, 1.82) is 0 Å². The third-order valence-corrected chi connectivity index (χ3v) is 4.71. The van der Waals surface area contributed by atoms with E-state index in [2.05, 4.69) is 10.2 Å². The molecule has 0 aliphatic heterocycles. The van der Waals surface area contributed by atoms with Gasteiger partial charge in [-0.15, -0.1) is 10.2 Å². The van der Waals surface area contributed by atoms with Crippen LogP contribution in [0.5, 0.6) is 0 Å². The van der Waals surface area contributed by atoms with Crippen molar-refractivity contribution < 1.29 is 4.79 Å². The second kappa shape index (κ2) is 6.27. The Kier molecular flexibility index (Phi) is 4.68. The lowest BCUT2D eigenvalue weighted by molar-refractivity contribution is -0.129. The van der Waals surface area contributed by atoms with Crippen LogP contribution in [0.4, 0.5) is 5.95 Å². The highest BCUT2D eigenvalue weighted by molar-refractivity contribution is 7.99. The fourth-order valence-electron chi connectivity index (χ4n) is 2.35. The molecule has 0 radical (unpaired) electrons. The molecule has 1 aliphatic carbocycles. The van der Waals surface area contributed by atoms with Crippen molar-refractivity contribution >= 4 is 23.6 Å². The van der Waals surface area contributed by atoms with Crippen molar-refractivity contribution in [2.75, 3.05) is 18.5 Å². The molecule has 1 heterocycles. The molecule has 1 amide bonds. The zero-order valence-corrected chi connectivity index (χ0v) is 12.3. The van der Waals surface area contributed by atoms with Crippen LogP contribution in [0.25, 0.3) is 0 Å². The zero-order valence-electron chi connectivity index (χ0n) is 11.5. The molecule has 0 saturated heterocycles. The van der Waals surface area contributed by atoms with Crippen molar-refractivity contribution in [3.05, 3.63) is 0 Å². The summed E-state index contributed by atoms with van der Waals surface area (Å²) in [6, 6.07) is 0.409. The van der Waals surface area contributed by atoms with Crippen molar-refractivity contribution in [3.63, 3.8) is 0 Å². The van der Waals surface area contributed by atoms with Crippen molar-refractivity contribution in [3.8, 4) is 0 Å². The van der Waals surface area contributed by atoms with Gasteiger partial charge < -0.3 is 10.6 Å². The maximum absolute atomic E-state index is 12.2. The van der Waals surface area contributed by atoms with Crippen molar-refractivity contribution in [2.45, 2.75) is 43.3 Å². The van der Waals surface area contributed by atoms with Gasteiger partial charge in [0.15, 0.2) is 5.16 Å². The second-order valence-electron chi connectivity index (χ2n) is 4.98. The van der Waals surface area contributed by atoms with Gasteiger partial charge in [-0.1, -0.05) is 31.0 Å². The monoisotopic (exact) mass is 283 g/mol. The smallest absolute Gasteiger partial charge is 0.233 e. The number of rotatable bonds is 4. The van der Waals surface area contributed by atoms with Gasteiger partial charge in [-0.3, -0.25) is 9.36 Å². The summed E-state index contributed by atoms with van der Waals surface area (Å²) in [6.07, 6.45) is 6.02. The van der Waals surface area contributed by atoms with Gasteiger partial charge >= 0.3 is 0 Å². The molecular formula is C12H21N5OS. The summed E-state index contributed by atoms with van der Waals surface area (Å²) < 4.78 is 1.69. The number of nitrogens with zero attached hydrogens (tertiary/aromatic N) is 4. The largest absolute Gasteiger partial charge is 0.368 e. The normalized spacial score (nSPS) is 16.5. The number of nitrogen functional groups attached to an aromatic ring is 1. The van der Waals surface area contributed by atoms with Crippen LogP contribution in [0.2, 0.25) is 0 Å². The lowest BCUT2D eigenvalue weighted by Gasteiger charge is -2.31. The zero-order chi connectivity index (χ0) is 13.8. The Balaban J connectivity index is 1.85. The molecule has 0 aromatic carbocycles. The fraction of sp³-hybridized carbons (Fsp3) is 0.750. The van der Waals surface area contributed by atoms with E-state index in [4.69, 9.17) is 5.73 Å². The summed E-state index contributed by atoms with van der Waals surface area (Å²) in [6.45, 7) is 0. The van der Waals surface area contributed by atoms with E-state index in [1.807, 2.05) is 11.9 Å². The number of aromatic nitrogens is 3. The van der Waals surface area contributed by atoms with Gasteiger partial charge in [0.1, 0.15) is 0 Å². The first-order valence-corrected chi connectivity index (χ1v) is 7.61. The number of amides is 1. The Morgan fingerprint density at radius 1 is 1.42 bits per heavy atom. The van der Waals surface area contributed by atoms with Crippen LogP contribution in [0, 0.1) is 0 Å². The lowest BCUT2D eigenvalue weighted by atomic mass is 9.94. The SMILES string of the molecule is CN(C(=O)CSc1nnc(N)n1C)C1CCCCC1. The minimum atomic E-state index is 0.151. The average molecular weight is 283 g/mol. The summed E-state index contributed by atoms with van der Waals surface area (Å²) in [5, 5.41) is 8.40. The Bertz CT molecular complexity index is 441.